The Hall–Kier alpha value is -0.980. The summed E-state index contributed by atoms with van der Waals surface area (Å²) in [5.41, 5.74) is 2.72. The van der Waals surface area contributed by atoms with E-state index < -0.39 is 0 Å². The third-order valence-corrected chi connectivity index (χ3v) is 3.25. The zero-order valence-electron chi connectivity index (χ0n) is 9.33. The van der Waals surface area contributed by atoms with E-state index in [4.69, 9.17) is 0 Å². The van der Waals surface area contributed by atoms with Crippen LogP contribution in [0.15, 0.2) is 24.3 Å². The van der Waals surface area contributed by atoms with Crippen LogP contribution in [0.4, 0.5) is 5.69 Å². The average molecular weight is 189 g/mol. The standard InChI is InChI=1S/C13H19N/c1-10(2)12-8-14(9-12)13-6-4-11(3)5-7-13/h4-7,10,12H,8-9H2,1-3H3. The van der Waals surface area contributed by atoms with E-state index in [9.17, 15) is 0 Å². The molecule has 1 saturated heterocycles. The Balaban J connectivity index is 1.96. The molecule has 1 aliphatic rings. The fourth-order valence-electron chi connectivity index (χ4n) is 1.90. The molecule has 0 aromatic heterocycles. The molecular weight excluding hydrogens is 170 g/mol. The van der Waals surface area contributed by atoms with Gasteiger partial charge in [-0.25, -0.2) is 0 Å². The van der Waals surface area contributed by atoms with E-state index in [1.165, 1.54) is 24.3 Å². The van der Waals surface area contributed by atoms with Crippen molar-refractivity contribution in [2.45, 2.75) is 20.8 Å². The van der Waals surface area contributed by atoms with Gasteiger partial charge in [-0.15, -0.1) is 0 Å². The van der Waals surface area contributed by atoms with Crippen LogP contribution >= 0.6 is 0 Å². The van der Waals surface area contributed by atoms with E-state index in [2.05, 4.69) is 49.9 Å². The SMILES string of the molecule is Cc1ccc(N2CC(C(C)C)C2)cc1. The molecule has 0 unspecified atom stereocenters. The van der Waals surface area contributed by atoms with Gasteiger partial charge in [0.2, 0.25) is 0 Å². The van der Waals surface area contributed by atoms with E-state index in [-0.39, 0.29) is 0 Å². The molecule has 0 radical (unpaired) electrons. The largest absolute Gasteiger partial charge is 0.371 e. The van der Waals surface area contributed by atoms with Crippen molar-refractivity contribution in [3.63, 3.8) is 0 Å². The van der Waals surface area contributed by atoms with E-state index >= 15 is 0 Å². The van der Waals surface area contributed by atoms with E-state index in [0.29, 0.717) is 0 Å². The Morgan fingerprint density at radius 1 is 1.14 bits per heavy atom. The molecule has 1 nitrogen and oxygen atoms in total. The van der Waals surface area contributed by atoms with Crippen molar-refractivity contribution < 1.29 is 0 Å². The maximum absolute atomic E-state index is 2.46. The lowest BCUT2D eigenvalue weighted by Gasteiger charge is -2.43. The lowest BCUT2D eigenvalue weighted by atomic mass is 9.88. The van der Waals surface area contributed by atoms with Gasteiger partial charge in [-0.05, 0) is 30.9 Å². The highest BCUT2D eigenvalue weighted by atomic mass is 15.2. The monoisotopic (exact) mass is 189 g/mol. The minimum atomic E-state index is 0.830. The van der Waals surface area contributed by atoms with Crippen molar-refractivity contribution >= 4 is 5.69 Å². The van der Waals surface area contributed by atoms with Gasteiger partial charge in [0.1, 0.15) is 0 Å². The first-order chi connectivity index (χ1) is 6.66. The molecule has 0 atom stereocenters. The number of aryl methyl sites for hydroxylation is 1. The van der Waals surface area contributed by atoms with Crippen LogP contribution in [0.2, 0.25) is 0 Å². The molecule has 0 aliphatic carbocycles. The summed E-state index contributed by atoms with van der Waals surface area (Å²) in [6, 6.07) is 8.84. The van der Waals surface area contributed by atoms with Gasteiger partial charge in [-0.1, -0.05) is 31.5 Å². The second-order valence-electron chi connectivity index (χ2n) is 4.74. The second kappa shape index (κ2) is 3.64. The van der Waals surface area contributed by atoms with Crippen LogP contribution < -0.4 is 4.90 Å². The quantitative estimate of drug-likeness (QED) is 0.691. The number of nitrogens with zero attached hydrogens (tertiary/aromatic N) is 1. The first kappa shape index (κ1) is 9.57. The van der Waals surface area contributed by atoms with Gasteiger partial charge in [0.15, 0.2) is 0 Å². The van der Waals surface area contributed by atoms with Crippen LogP contribution in [-0.2, 0) is 0 Å². The highest BCUT2D eigenvalue weighted by Crippen LogP contribution is 2.28. The number of rotatable bonds is 2. The van der Waals surface area contributed by atoms with Gasteiger partial charge in [0.25, 0.3) is 0 Å². The van der Waals surface area contributed by atoms with Crippen molar-refractivity contribution in [1.82, 2.24) is 0 Å². The Morgan fingerprint density at radius 3 is 2.21 bits per heavy atom. The molecule has 0 bridgehead atoms. The number of hydrogen-bond donors (Lipinski definition) is 0. The molecular formula is C13H19N. The predicted molar refractivity (Wildman–Crippen MR) is 61.7 cm³/mol. The minimum absolute atomic E-state index is 0.830. The smallest absolute Gasteiger partial charge is 0.0366 e. The summed E-state index contributed by atoms with van der Waals surface area (Å²) in [6.45, 7) is 9.24. The van der Waals surface area contributed by atoms with Crippen LogP contribution in [0.1, 0.15) is 19.4 Å². The van der Waals surface area contributed by atoms with Crippen LogP contribution in [0.25, 0.3) is 0 Å². The highest BCUT2D eigenvalue weighted by molar-refractivity contribution is 5.49. The molecule has 2 rings (SSSR count). The summed E-state index contributed by atoms with van der Waals surface area (Å²) in [7, 11) is 0. The summed E-state index contributed by atoms with van der Waals surface area (Å²) < 4.78 is 0. The topological polar surface area (TPSA) is 3.24 Å². The van der Waals surface area contributed by atoms with E-state index in [0.717, 1.165) is 11.8 Å². The number of benzene rings is 1. The van der Waals surface area contributed by atoms with Gasteiger partial charge in [0.05, 0.1) is 0 Å². The minimum Gasteiger partial charge on any atom is -0.371 e. The Kier molecular flexibility index (Phi) is 2.49. The first-order valence-corrected chi connectivity index (χ1v) is 5.48. The van der Waals surface area contributed by atoms with E-state index in [1.807, 2.05) is 0 Å². The molecule has 1 heterocycles. The van der Waals surface area contributed by atoms with Gasteiger partial charge in [-0.2, -0.15) is 0 Å². The molecule has 1 aromatic carbocycles. The average Bonchev–Trinajstić information content (AvgIpc) is 2.05. The summed E-state index contributed by atoms with van der Waals surface area (Å²) >= 11 is 0. The Bertz CT molecular complexity index is 294. The van der Waals surface area contributed by atoms with Crippen LogP contribution in [0, 0.1) is 18.8 Å². The third-order valence-electron chi connectivity index (χ3n) is 3.25. The fraction of sp³-hybridized carbons (Fsp3) is 0.538. The zero-order chi connectivity index (χ0) is 10.1. The van der Waals surface area contributed by atoms with Crippen molar-refractivity contribution in [2.75, 3.05) is 18.0 Å². The zero-order valence-corrected chi connectivity index (χ0v) is 9.33. The van der Waals surface area contributed by atoms with Gasteiger partial charge >= 0.3 is 0 Å². The summed E-state index contributed by atoms with van der Waals surface area (Å²) in [4.78, 5) is 2.46. The third kappa shape index (κ3) is 1.77. The van der Waals surface area contributed by atoms with Crippen molar-refractivity contribution in [3.8, 4) is 0 Å². The van der Waals surface area contributed by atoms with Crippen molar-refractivity contribution in [3.05, 3.63) is 29.8 Å². The van der Waals surface area contributed by atoms with Crippen molar-refractivity contribution in [1.29, 1.82) is 0 Å². The lowest BCUT2D eigenvalue weighted by molar-refractivity contribution is 0.310. The summed E-state index contributed by atoms with van der Waals surface area (Å²) in [6.07, 6.45) is 0. The van der Waals surface area contributed by atoms with E-state index in [1.54, 1.807) is 0 Å². The second-order valence-corrected chi connectivity index (χ2v) is 4.74. The molecule has 0 saturated carbocycles. The molecule has 1 fully saturated rings. The predicted octanol–water partition coefficient (Wildman–Crippen LogP) is 3.09. The summed E-state index contributed by atoms with van der Waals surface area (Å²) in [5.74, 6) is 1.73. The van der Waals surface area contributed by atoms with Crippen molar-refractivity contribution in [2.24, 2.45) is 11.8 Å². The Labute approximate surface area is 86.7 Å². The van der Waals surface area contributed by atoms with Crippen LogP contribution in [0.3, 0.4) is 0 Å². The maximum atomic E-state index is 2.46. The lowest BCUT2D eigenvalue weighted by Crippen LogP contribution is -2.49. The summed E-state index contributed by atoms with van der Waals surface area (Å²) in [5, 5.41) is 0. The molecule has 0 amide bonds. The number of hydrogen-bond acceptors (Lipinski definition) is 1. The first-order valence-electron chi connectivity index (χ1n) is 5.48. The highest BCUT2D eigenvalue weighted by Gasteiger charge is 2.28. The van der Waals surface area contributed by atoms with Crippen LogP contribution in [0.5, 0.6) is 0 Å². The van der Waals surface area contributed by atoms with Gasteiger partial charge < -0.3 is 4.90 Å². The maximum Gasteiger partial charge on any atom is 0.0366 e. The van der Waals surface area contributed by atoms with Gasteiger partial charge in [-0.3, -0.25) is 0 Å². The number of anilines is 1. The van der Waals surface area contributed by atoms with Crippen LogP contribution in [-0.4, -0.2) is 13.1 Å². The Morgan fingerprint density at radius 2 is 1.71 bits per heavy atom. The normalized spacial score (nSPS) is 17.3. The molecule has 1 heteroatoms. The molecule has 14 heavy (non-hydrogen) atoms. The molecule has 0 spiro atoms. The molecule has 0 N–H and O–H groups in total. The fourth-order valence-corrected chi connectivity index (χ4v) is 1.90. The molecule has 1 aromatic rings. The molecule has 76 valence electrons. The molecule has 1 aliphatic heterocycles. The van der Waals surface area contributed by atoms with Gasteiger partial charge in [0, 0.05) is 18.8 Å².